The Morgan fingerprint density at radius 1 is 1.50 bits per heavy atom. The maximum absolute atomic E-state index is 10.2. The Labute approximate surface area is 69.5 Å². The lowest BCUT2D eigenvalue weighted by Gasteiger charge is -1.95. The number of carbonyl (C=O) groups is 1. The van der Waals surface area contributed by atoms with E-state index in [1.165, 1.54) is 0 Å². The second-order valence-corrected chi connectivity index (χ2v) is 3.36. The maximum atomic E-state index is 10.2. The highest BCUT2D eigenvalue weighted by Gasteiger charge is 1.94. The summed E-state index contributed by atoms with van der Waals surface area (Å²) in [5, 5.41) is -0.345. The Kier molecular flexibility index (Phi) is 5.33. The first kappa shape index (κ1) is 9.71. The molecule has 0 unspecified atom stereocenters. The molecular weight excluding hydrogens is 168 g/mol. The highest BCUT2D eigenvalue weighted by molar-refractivity contribution is 8.13. The van der Waals surface area contributed by atoms with Gasteiger partial charge in [-0.3, -0.25) is 4.79 Å². The Morgan fingerprint density at radius 2 is 2.10 bits per heavy atom. The normalized spacial score (nSPS) is 9.20. The number of nitrogens with two attached hydrogens (primary N) is 2. The Bertz CT molecular complexity index is 122. The first-order valence-corrected chi connectivity index (χ1v) is 4.23. The number of hydrogen-bond donors (Lipinski definition) is 2. The van der Waals surface area contributed by atoms with Crippen molar-refractivity contribution in [1.29, 1.82) is 0 Å². The van der Waals surface area contributed by atoms with Crippen molar-refractivity contribution in [2.75, 3.05) is 5.75 Å². The van der Waals surface area contributed by atoms with E-state index in [9.17, 15) is 4.79 Å². The van der Waals surface area contributed by atoms with E-state index in [2.05, 4.69) is 12.2 Å². The highest BCUT2D eigenvalue weighted by atomic mass is 32.2. The summed E-state index contributed by atoms with van der Waals surface area (Å²) in [5.41, 5.74) is 10.1. The quantitative estimate of drug-likeness (QED) is 0.495. The van der Waals surface area contributed by atoms with Crippen LogP contribution in [0, 0.1) is 0 Å². The highest BCUT2D eigenvalue weighted by Crippen LogP contribution is 2.03. The number of thiocarbonyl (C=S) groups is 1. The Balaban J connectivity index is 3.06. The molecule has 58 valence electrons. The molecule has 0 aromatic rings. The lowest BCUT2D eigenvalue weighted by atomic mass is 10.3. The summed E-state index contributed by atoms with van der Waals surface area (Å²) in [6.45, 7) is 0. The monoisotopic (exact) mass is 178 g/mol. The summed E-state index contributed by atoms with van der Waals surface area (Å²) in [7, 11) is 0. The van der Waals surface area contributed by atoms with Crippen LogP contribution in [0.3, 0.4) is 0 Å². The topological polar surface area (TPSA) is 69.1 Å². The van der Waals surface area contributed by atoms with E-state index >= 15 is 0 Å². The van der Waals surface area contributed by atoms with Crippen molar-refractivity contribution >= 4 is 34.2 Å². The third-order valence-electron chi connectivity index (χ3n) is 0.812. The van der Waals surface area contributed by atoms with E-state index in [1.54, 1.807) is 0 Å². The van der Waals surface area contributed by atoms with Gasteiger partial charge in [0.1, 0.15) is 0 Å². The minimum Gasteiger partial charge on any atom is -0.393 e. The minimum atomic E-state index is -0.345. The number of hydrogen-bond acceptors (Lipinski definition) is 3. The fourth-order valence-corrected chi connectivity index (χ4v) is 1.05. The van der Waals surface area contributed by atoms with Gasteiger partial charge in [0.25, 0.3) is 5.24 Å². The van der Waals surface area contributed by atoms with Crippen molar-refractivity contribution < 1.29 is 4.79 Å². The molecule has 0 atom stereocenters. The first-order chi connectivity index (χ1) is 4.63. The second-order valence-electron chi connectivity index (χ2n) is 1.74. The van der Waals surface area contributed by atoms with Crippen molar-refractivity contribution in [3.05, 3.63) is 0 Å². The zero-order valence-corrected chi connectivity index (χ0v) is 7.13. The van der Waals surface area contributed by atoms with Gasteiger partial charge in [0.2, 0.25) is 0 Å². The van der Waals surface area contributed by atoms with Crippen molar-refractivity contribution in [1.82, 2.24) is 0 Å². The van der Waals surface area contributed by atoms with Gasteiger partial charge in [-0.25, -0.2) is 0 Å². The molecule has 3 nitrogen and oxygen atoms in total. The molecule has 0 aliphatic heterocycles. The average Bonchev–Trinajstić information content (AvgIpc) is 1.79. The lowest BCUT2D eigenvalue weighted by Crippen LogP contribution is -2.08. The molecule has 0 saturated carbocycles. The van der Waals surface area contributed by atoms with Crippen molar-refractivity contribution in [3.8, 4) is 0 Å². The van der Waals surface area contributed by atoms with Gasteiger partial charge in [-0.1, -0.05) is 24.0 Å². The van der Waals surface area contributed by atoms with Gasteiger partial charge in [0.15, 0.2) is 0 Å². The van der Waals surface area contributed by atoms with Gasteiger partial charge in [-0.15, -0.1) is 0 Å². The summed E-state index contributed by atoms with van der Waals surface area (Å²) < 4.78 is 0. The number of primary amides is 1. The van der Waals surface area contributed by atoms with Crippen molar-refractivity contribution in [3.63, 3.8) is 0 Å². The molecular formula is C5H10N2OS2. The van der Waals surface area contributed by atoms with Gasteiger partial charge in [0.05, 0.1) is 4.99 Å². The zero-order chi connectivity index (χ0) is 7.98. The molecule has 5 heteroatoms. The molecule has 0 fully saturated rings. The zero-order valence-electron chi connectivity index (χ0n) is 5.50. The average molecular weight is 178 g/mol. The van der Waals surface area contributed by atoms with E-state index in [0.717, 1.165) is 18.2 Å². The van der Waals surface area contributed by atoms with Crippen molar-refractivity contribution in [2.45, 2.75) is 12.8 Å². The number of amides is 1. The molecule has 0 spiro atoms. The maximum Gasteiger partial charge on any atom is 0.276 e. The first-order valence-electron chi connectivity index (χ1n) is 2.83. The van der Waals surface area contributed by atoms with Crippen LogP contribution < -0.4 is 11.5 Å². The molecule has 4 N–H and O–H groups in total. The number of thioether (sulfide) groups is 1. The van der Waals surface area contributed by atoms with Crippen LogP contribution in [0.4, 0.5) is 4.79 Å². The molecule has 0 rings (SSSR count). The molecule has 0 aromatic carbocycles. The molecule has 1 amide bonds. The smallest absolute Gasteiger partial charge is 0.276 e. The van der Waals surface area contributed by atoms with Crippen LogP contribution in [0.15, 0.2) is 0 Å². The SMILES string of the molecule is NC(=O)SCCCC(N)=S. The molecule has 0 aliphatic rings. The van der Waals surface area contributed by atoms with Crippen molar-refractivity contribution in [2.24, 2.45) is 11.5 Å². The third kappa shape index (κ3) is 7.71. The summed E-state index contributed by atoms with van der Waals surface area (Å²) in [4.78, 5) is 10.7. The van der Waals surface area contributed by atoms with Crippen LogP contribution in [0.5, 0.6) is 0 Å². The van der Waals surface area contributed by atoms with E-state index in [0.29, 0.717) is 17.2 Å². The molecule has 0 aliphatic carbocycles. The molecule has 0 saturated heterocycles. The van der Waals surface area contributed by atoms with Crippen LogP contribution in [0.1, 0.15) is 12.8 Å². The fourth-order valence-electron chi connectivity index (χ4n) is 0.419. The van der Waals surface area contributed by atoms with Gasteiger partial charge in [-0.2, -0.15) is 0 Å². The molecule has 0 radical (unpaired) electrons. The largest absolute Gasteiger partial charge is 0.393 e. The minimum absolute atomic E-state index is 0.345. The molecule has 0 bridgehead atoms. The van der Waals surface area contributed by atoms with Gasteiger partial charge < -0.3 is 11.5 Å². The van der Waals surface area contributed by atoms with Crippen LogP contribution >= 0.6 is 24.0 Å². The Morgan fingerprint density at radius 3 is 2.50 bits per heavy atom. The summed E-state index contributed by atoms with van der Waals surface area (Å²) in [5.74, 6) is 0.701. The van der Waals surface area contributed by atoms with Crippen LogP contribution in [-0.2, 0) is 0 Å². The van der Waals surface area contributed by atoms with Crippen LogP contribution in [-0.4, -0.2) is 16.0 Å². The van der Waals surface area contributed by atoms with Gasteiger partial charge in [0, 0.05) is 5.75 Å². The predicted octanol–water partition coefficient (Wildman–Crippen LogP) is 0.865. The summed E-state index contributed by atoms with van der Waals surface area (Å²) >= 11 is 5.72. The van der Waals surface area contributed by atoms with E-state index in [1.807, 2.05) is 0 Å². The lowest BCUT2D eigenvalue weighted by molar-refractivity contribution is 0.267. The van der Waals surface area contributed by atoms with Gasteiger partial charge in [-0.05, 0) is 12.8 Å². The van der Waals surface area contributed by atoms with Crippen LogP contribution in [0.2, 0.25) is 0 Å². The third-order valence-corrected chi connectivity index (χ3v) is 1.79. The van der Waals surface area contributed by atoms with E-state index < -0.39 is 0 Å². The predicted molar refractivity (Wildman–Crippen MR) is 48.1 cm³/mol. The molecule has 0 heterocycles. The van der Waals surface area contributed by atoms with Crippen LogP contribution in [0.25, 0.3) is 0 Å². The van der Waals surface area contributed by atoms with E-state index in [4.69, 9.17) is 11.5 Å². The summed E-state index contributed by atoms with van der Waals surface area (Å²) in [6.07, 6.45) is 1.51. The number of carbonyl (C=O) groups excluding carboxylic acids is 1. The molecule has 0 aromatic heterocycles. The molecule has 10 heavy (non-hydrogen) atoms. The van der Waals surface area contributed by atoms with Gasteiger partial charge >= 0.3 is 0 Å². The summed E-state index contributed by atoms with van der Waals surface area (Å²) in [6, 6.07) is 0. The standard InChI is InChI=1S/C5H10N2OS2/c6-4(9)2-1-3-10-5(7)8/h1-3H2,(H2,6,9)(H2,7,8). The fraction of sp³-hybridized carbons (Fsp3) is 0.600. The second kappa shape index (κ2) is 5.49. The Hall–Kier alpha value is -0.290. The van der Waals surface area contributed by atoms with E-state index in [-0.39, 0.29) is 5.24 Å². The number of rotatable bonds is 4.